The fraction of sp³-hybridized carbons (Fsp3) is 0.571. The summed E-state index contributed by atoms with van der Waals surface area (Å²) in [6.45, 7) is 8.20. The van der Waals surface area contributed by atoms with Gasteiger partial charge < -0.3 is 15.0 Å². The van der Waals surface area contributed by atoms with Gasteiger partial charge in [-0.3, -0.25) is 0 Å². The fourth-order valence-electron chi connectivity index (χ4n) is 2.33. The molecule has 0 spiro atoms. The first-order valence-electron chi connectivity index (χ1n) is 6.81. The molecular weight excluding hydrogens is 225 g/mol. The lowest BCUT2D eigenvalue weighted by molar-refractivity contribution is 0.187. The fourth-order valence-corrected chi connectivity index (χ4v) is 2.33. The number of hydrogen-bond donors (Lipinski definition) is 2. The minimum absolute atomic E-state index is 0.0252. The third-order valence-corrected chi connectivity index (χ3v) is 3.44. The maximum absolute atomic E-state index is 9.96. The molecule has 0 bridgehead atoms. The standard InChI is InChI=1S/C14H22BNO2/c1-4-7-16-9-14-12-6-5-11(10(2)3)8-13(12)15(17)18-14/h5-6,8,10,14,16-17H,4,7,9H2,1-3H3. The summed E-state index contributed by atoms with van der Waals surface area (Å²) in [5, 5.41) is 13.3. The highest BCUT2D eigenvalue weighted by atomic mass is 16.5. The van der Waals surface area contributed by atoms with Crippen molar-refractivity contribution in [1.29, 1.82) is 0 Å². The van der Waals surface area contributed by atoms with Crippen molar-refractivity contribution in [2.45, 2.75) is 39.2 Å². The SMILES string of the molecule is CCCNCC1OB(O)c2cc(C(C)C)ccc21. The van der Waals surface area contributed by atoms with E-state index in [9.17, 15) is 5.02 Å². The second-order valence-corrected chi connectivity index (χ2v) is 5.22. The van der Waals surface area contributed by atoms with Crippen LogP contribution in [-0.2, 0) is 4.65 Å². The van der Waals surface area contributed by atoms with Crippen LogP contribution in [0.2, 0.25) is 0 Å². The summed E-state index contributed by atoms with van der Waals surface area (Å²) >= 11 is 0. The van der Waals surface area contributed by atoms with Crippen LogP contribution < -0.4 is 10.8 Å². The Labute approximate surface area is 110 Å². The minimum Gasteiger partial charge on any atom is -0.423 e. The minimum atomic E-state index is -0.771. The molecule has 1 aromatic carbocycles. The number of hydrogen-bond acceptors (Lipinski definition) is 3. The van der Waals surface area contributed by atoms with Crippen LogP contribution in [0.5, 0.6) is 0 Å². The second-order valence-electron chi connectivity index (χ2n) is 5.22. The zero-order valence-electron chi connectivity index (χ0n) is 11.4. The lowest BCUT2D eigenvalue weighted by Crippen LogP contribution is -2.28. The molecule has 1 atom stereocenters. The van der Waals surface area contributed by atoms with E-state index in [0.717, 1.165) is 30.5 Å². The first-order chi connectivity index (χ1) is 8.63. The van der Waals surface area contributed by atoms with E-state index in [4.69, 9.17) is 4.65 Å². The second kappa shape index (κ2) is 5.87. The lowest BCUT2D eigenvalue weighted by atomic mass is 9.77. The topological polar surface area (TPSA) is 41.5 Å². The Bertz CT molecular complexity index is 409. The van der Waals surface area contributed by atoms with Gasteiger partial charge in [-0.05, 0) is 35.5 Å². The molecule has 2 N–H and O–H groups in total. The van der Waals surface area contributed by atoms with Crippen LogP contribution in [0.25, 0.3) is 0 Å². The van der Waals surface area contributed by atoms with Crippen LogP contribution in [-0.4, -0.2) is 25.2 Å². The van der Waals surface area contributed by atoms with Crippen molar-refractivity contribution in [3.05, 3.63) is 29.3 Å². The van der Waals surface area contributed by atoms with E-state index in [1.54, 1.807) is 0 Å². The molecule has 4 heteroatoms. The summed E-state index contributed by atoms with van der Waals surface area (Å²) < 4.78 is 5.61. The summed E-state index contributed by atoms with van der Waals surface area (Å²) in [7, 11) is -0.771. The maximum Gasteiger partial charge on any atom is 0.492 e. The predicted molar refractivity (Wildman–Crippen MR) is 75.1 cm³/mol. The van der Waals surface area contributed by atoms with Gasteiger partial charge >= 0.3 is 7.12 Å². The first kappa shape index (κ1) is 13.6. The Hall–Kier alpha value is -0.835. The number of fused-ring (bicyclic) bond motifs is 1. The Morgan fingerprint density at radius 1 is 1.44 bits per heavy atom. The summed E-state index contributed by atoms with van der Waals surface area (Å²) in [4.78, 5) is 0. The van der Waals surface area contributed by atoms with E-state index in [1.807, 2.05) is 0 Å². The molecule has 0 fully saturated rings. The van der Waals surface area contributed by atoms with Gasteiger partial charge in [-0.15, -0.1) is 0 Å². The van der Waals surface area contributed by atoms with E-state index >= 15 is 0 Å². The highest BCUT2D eigenvalue weighted by Gasteiger charge is 2.34. The van der Waals surface area contributed by atoms with Crippen molar-refractivity contribution in [1.82, 2.24) is 5.32 Å². The molecule has 18 heavy (non-hydrogen) atoms. The Balaban J connectivity index is 2.14. The van der Waals surface area contributed by atoms with Crippen molar-refractivity contribution < 1.29 is 9.68 Å². The van der Waals surface area contributed by atoms with Crippen molar-refractivity contribution in [3.8, 4) is 0 Å². The molecule has 2 rings (SSSR count). The van der Waals surface area contributed by atoms with Gasteiger partial charge in [-0.1, -0.05) is 39.0 Å². The molecule has 1 aliphatic rings. The molecule has 1 unspecified atom stereocenters. The van der Waals surface area contributed by atoms with E-state index in [2.05, 4.69) is 44.3 Å². The van der Waals surface area contributed by atoms with Crippen LogP contribution >= 0.6 is 0 Å². The first-order valence-corrected chi connectivity index (χ1v) is 6.81. The van der Waals surface area contributed by atoms with Crippen molar-refractivity contribution >= 4 is 12.6 Å². The molecule has 0 aromatic heterocycles. The molecule has 1 aromatic rings. The van der Waals surface area contributed by atoms with Gasteiger partial charge in [0.25, 0.3) is 0 Å². The molecule has 0 aliphatic carbocycles. The van der Waals surface area contributed by atoms with E-state index in [0.29, 0.717) is 5.92 Å². The van der Waals surface area contributed by atoms with Crippen molar-refractivity contribution in [3.63, 3.8) is 0 Å². The summed E-state index contributed by atoms with van der Waals surface area (Å²) in [5.41, 5.74) is 3.30. The van der Waals surface area contributed by atoms with E-state index < -0.39 is 7.12 Å². The Morgan fingerprint density at radius 3 is 2.89 bits per heavy atom. The van der Waals surface area contributed by atoms with Crippen molar-refractivity contribution in [2.24, 2.45) is 0 Å². The van der Waals surface area contributed by atoms with Gasteiger partial charge in [0.15, 0.2) is 0 Å². The molecule has 0 amide bonds. The normalized spacial score (nSPS) is 18.5. The largest absolute Gasteiger partial charge is 0.492 e. The summed E-state index contributed by atoms with van der Waals surface area (Å²) in [6, 6.07) is 6.31. The van der Waals surface area contributed by atoms with Crippen LogP contribution in [0.1, 0.15) is 50.3 Å². The smallest absolute Gasteiger partial charge is 0.423 e. The van der Waals surface area contributed by atoms with Gasteiger partial charge in [0.05, 0.1) is 6.10 Å². The zero-order valence-corrected chi connectivity index (χ0v) is 11.4. The summed E-state index contributed by atoms with van der Waals surface area (Å²) in [6.07, 6.45) is 1.08. The van der Waals surface area contributed by atoms with Gasteiger partial charge in [-0.25, -0.2) is 0 Å². The quantitative estimate of drug-likeness (QED) is 0.613. The van der Waals surface area contributed by atoms with Crippen LogP contribution in [0.3, 0.4) is 0 Å². The zero-order chi connectivity index (χ0) is 13.1. The Morgan fingerprint density at radius 2 is 2.22 bits per heavy atom. The maximum atomic E-state index is 9.96. The molecule has 1 aliphatic heterocycles. The third-order valence-electron chi connectivity index (χ3n) is 3.44. The van der Waals surface area contributed by atoms with E-state index in [1.165, 1.54) is 5.56 Å². The van der Waals surface area contributed by atoms with Gasteiger partial charge in [-0.2, -0.15) is 0 Å². The molecule has 3 nitrogen and oxygen atoms in total. The third kappa shape index (κ3) is 2.77. The van der Waals surface area contributed by atoms with Crippen LogP contribution in [0.4, 0.5) is 0 Å². The van der Waals surface area contributed by atoms with Gasteiger partial charge in [0.2, 0.25) is 0 Å². The van der Waals surface area contributed by atoms with Crippen molar-refractivity contribution in [2.75, 3.05) is 13.1 Å². The van der Waals surface area contributed by atoms with Gasteiger partial charge in [0, 0.05) is 6.54 Å². The average Bonchev–Trinajstić information content (AvgIpc) is 2.66. The van der Waals surface area contributed by atoms with Gasteiger partial charge in [0.1, 0.15) is 0 Å². The molecule has 0 radical (unpaired) electrons. The van der Waals surface area contributed by atoms with E-state index in [-0.39, 0.29) is 6.10 Å². The monoisotopic (exact) mass is 247 g/mol. The van der Waals surface area contributed by atoms with Crippen LogP contribution in [0, 0.1) is 0 Å². The number of nitrogens with one attached hydrogen (secondary N) is 1. The molecule has 0 saturated heterocycles. The summed E-state index contributed by atoms with van der Waals surface area (Å²) in [5.74, 6) is 0.472. The predicted octanol–water partition coefficient (Wildman–Crippen LogP) is 1.57. The number of rotatable bonds is 5. The highest BCUT2D eigenvalue weighted by molar-refractivity contribution is 6.61. The molecule has 1 heterocycles. The molecule has 98 valence electrons. The molecule has 0 saturated carbocycles. The Kier molecular flexibility index (Phi) is 4.43. The van der Waals surface area contributed by atoms with Crippen LogP contribution in [0.15, 0.2) is 18.2 Å². The highest BCUT2D eigenvalue weighted by Crippen LogP contribution is 2.25. The lowest BCUT2D eigenvalue weighted by Gasteiger charge is -2.13. The number of benzene rings is 1. The molecular formula is C14H22BNO2. The average molecular weight is 247 g/mol.